The molecule has 5 heteroatoms. The monoisotopic (exact) mass is 257 g/mol. The molecule has 0 radical (unpaired) electrons. The summed E-state index contributed by atoms with van der Waals surface area (Å²) in [6.45, 7) is 10.2. The van der Waals surface area contributed by atoms with Gasteiger partial charge in [0.05, 0.1) is 18.6 Å². The number of Topliss-reactive ketones (excluding diaryl/α,β-unsaturated/α-hetero) is 1. The van der Waals surface area contributed by atoms with E-state index in [1.807, 2.05) is 27.7 Å². The van der Waals surface area contributed by atoms with Gasteiger partial charge in [0.15, 0.2) is 0 Å². The molecule has 0 aromatic rings. The molecule has 1 rings (SSSR count). The Hall–Kier alpha value is -1.10. The molecule has 0 bridgehead atoms. The maximum Gasteiger partial charge on any atom is 0.410 e. The van der Waals surface area contributed by atoms with Gasteiger partial charge in [-0.2, -0.15) is 0 Å². The summed E-state index contributed by atoms with van der Waals surface area (Å²) in [7, 11) is 0. The fourth-order valence-corrected chi connectivity index (χ4v) is 2.02. The average Bonchev–Trinajstić information content (AvgIpc) is 2.59. The van der Waals surface area contributed by atoms with Gasteiger partial charge in [-0.15, -0.1) is 0 Å². The van der Waals surface area contributed by atoms with Crippen molar-refractivity contribution >= 4 is 11.9 Å². The molecular weight excluding hydrogens is 234 g/mol. The Balaban J connectivity index is 2.65. The van der Waals surface area contributed by atoms with Crippen LogP contribution in [0.5, 0.6) is 0 Å². The van der Waals surface area contributed by atoms with Gasteiger partial charge >= 0.3 is 6.09 Å². The first-order valence-electron chi connectivity index (χ1n) is 6.34. The summed E-state index contributed by atoms with van der Waals surface area (Å²) in [5.41, 5.74) is -0.521. The number of ether oxygens (including phenoxy) is 2. The van der Waals surface area contributed by atoms with Crippen LogP contribution in [0.4, 0.5) is 4.79 Å². The van der Waals surface area contributed by atoms with Crippen molar-refractivity contribution in [2.75, 3.05) is 19.7 Å². The summed E-state index contributed by atoms with van der Waals surface area (Å²) in [5.74, 6) is -0.183. The van der Waals surface area contributed by atoms with Gasteiger partial charge in [-0.1, -0.05) is 0 Å². The number of nitrogens with zero attached hydrogens (tertiary/aromatic N) is 1. The van der Waals surface area contributed by atoms with Crippen molar-refractivity contribution in [2.45, 2.75) is 46.3 Å². The van der Waals surface area contributed by atoms with Gasteiger partial charge < -0.3 is 14.4 Å². The predicted octanol–water partition coefficient (Wildman–Crippen LogP) is 1.85. The first-order valence-corrected chi connectivity index (χ1v) is 6.34. The molecule has 0 saturated carbocycles. The Bertz CT molecular complexity index is 321. The van der Waals surface area contributed by atoms with Crippen LogP contribution >= 0.6 is 0 Å². The zero-order valence-electron chi connectivity index (χ0n) is 11.9. The summed E-state index contributed by atoms with van der Waals surface area (Å²) >= 11 is 0. The van der Waals surface area contributed by atoms with Crippen LogP contribution in [0.3, 0.4) is 0 Å². The lowest BCUT2D eigenvalue weighted by atomic mass is 10.0. The zero-order valence-corrected chi connectivity index (χ0v) is 11.9. The summed E-state index contributed by atoms with van der Waals surface area (Å²) in [4.78, 5) is 25.0. The molecule has 1 saturated heterocycles. The van der Waals surface area contributed by atoms with Crippen molar-refractivity contribution in [3.8, 4) is 0 Å². The van der Waals surface area contributed by atoms with Crippen molar-refractivity contribution in [1.29, 1.82) is 0 Å². The lowest BCUT2D eigenvalue weighted by molar-refractivity contribution is -0.123. The van der Waals surface area contributed by atoms with E-state index in [0.717, 1.165) is 0 Å². The van der Waals surface area contributed by atoms with Crippen LogP contribution in [0.25, 0.3) is 0 Å². The molecule has 0 aromatic carbocycles. The number of likely N-dealkylation sites (tertiary alicyclic amines) is 1. The predicted molar refractivity (Wildman–Crippen MR) is 67.4 cm³/mol. The molecule has 2 unspecified atom stereocenters. The Morgan fingerprint density at radius 2 is 1.89 bits per heavy atom. The average molecular weight is 257 g/mol. The largest absolute Gasteiger partial charge is 0.444 e. The van der Waals surface area contributed by atoms with Crippen LogP contribution in [-0.2, 0) is 14.3 Å². The first kappa shape index (κ1) is 15.0. The van der Waals surface area contributed by atoms with Gasteiger partial charge in [-0.25, -0.2) is 4.79 Å². The second-order valence-electron chi connectivity index (χ2n) is 5.60. The van der Waals surface area contributed by atoms with Gasteiger partial charge in [0, 0.05) is 13.2 Å². The number of ketones is 1. The Labute approximate surface area is 108 Å². The minimum absolute atomic E-state index is 0.0551. The number of carbonyl (C=O) groups is 2. The quantitative estimate of drug-likeness (QED) is 0.774. The van der Waals surface area contributed by atoms with Crippen LogP contribution in [0, 0.1) is 5.92 Å². The lowest BCUT2D eigenvalue weighted by Gasteiger charge is -2.24. The topological polar surface area (TPSA) is 55.8 Å². The maximum absolute atomic E-state index is 11.9. The Kier molecular flexibility index (Phi) is 4.73. The summed E-state index contributed by atoms with van der Waals surface area (Å²) in [6, 6.07) is 0. The summed E-state index contributed by atoms with van der Waals surface area (Å²) < 4.78 is 10.8. The fraction of sp³-hybridized carbons (Fsp3) is 0.846. The molecule has 1 amide bonds. The molecule has 0 N–H and O–H groups in total. The van der Waals surface area contributed by atoms with Gasteiger partial charge in [-0.05, 0) is 34.6 Å². The molecule has 104 valence electrons. The first-order chi connectivity index (χ1) is 8.24. The smallest absolute Gasteiger partial charge is 0.410 e. The van der Waals surface area contributed by atoms with Crippen LogP contribution in [0.15, 0.2) is 0 Å². The summed E-state index contributed by atoms with van der Waals surface area (Å²) in [5, 5.41) is 0. The van der Waals surface area contributed by atoms with Crippen molar-refractivity contribution in [2.24, 2.45) is 5.92 Å². The fourth-order valence-electron chi connectivity index (χ4n) is 2.02. The van der Waals surface area contributed by atoms with Crippen LogP contribution in [0.2, 0.25) is 0 Å². The van der Waals surface area contributed by atoms with E-state index in [1.165, 1.54) is 6.92 Å². The zero-order chi connectivity index (χ0) is 13.9. The van der Waals surface area contributed by atoms with E-state index in [0.29, 0.717) is 19.7 Å². The van der Waals surface area contributed by atoms with E-state index in [1.54, 1.807) is 4.90 Å². The standard InChI is InChI=1S/C13H23NO4/c1-6-17-11-8-14(7-10(11)9(2)15)12(16)18-13(3,4)5/h10-11H,6-8H2,1-5H3. The SMILES string of the molecule is CCOC1CN(C(=O)OC(C)(C)C)CC1C(C)=O. The molecule has 1 aliphatic rings. The molecule has 2 atom stereocenters. The molecule has 18 heavy (non-hydrogen) atoms. The molecule has 1 heterocycles. The molecule has 1 aliphatic heterocycles. The van der Waals surface area contributed by atoms with E-state index in [2.05, 4.69) is 0 Å². The number of amides is 1. The Morgan fingerprint density at radius 1 is 1.28 bits per heavy atom. The van der Waals surface area contributed by atoms with Crippen molar-refractivity contribution < 1.29 is 19.1 Å². The Morgan fingerprint density at radius 3 is 2.33 bits per heavy atom. The highest BCUT2D eigenvalue weighted by Crippen LogP contribution is 2.23. The second-order valence-corrected chi connectivity index (χ2v) is 5.60. The highest BCUT2D eigenvalue weighted by atomic mass is 16.6. The summed E-state index contributed by atoms with van der Waals surface area (Å²) in [6.07, 6.45) is -0.587. The van der Waals surface area contributed by atoms with Gasteiger partial charge in [0.25, 0.3) is 0 Å². The van der Waals surface area contributed by atoms with Gasteiger partial charge in [0.1, 0.15) is 11.4 Å². The highest BCUT2D eigenvalue weighted by molar-refractivity contribution is 5.81. The number of hydrogen-bond acceptors (Lipinski definition) is 4. The van der Waals surface area contributed by atoms with Crippen LogP contribution in [-0.4, -0.2) is 48.2 Å². The van der Waals surface area contributed by atoms with Crippen LogP contribution < -0.4 is 0 Å². The third-order valence-corrected chi connectivity index (χ3v) is 2.82. The number of hydrogen-bond donors (Lipinski definition) is 0. The lowest BCUT2D eigenvalue weighted by Crippen LogP contribution is -2.36. The van der Waals surface area contributed by atoms with E-state index in [4.69, 9.17) is 9.47 Å². The third kappa shape index (κ3) is 3.98. The molecule has 5 nitrogen and oxygen atoms in total. The van der Waals surface area contributed by atoms with Crippen molar-refractivity contribution in [3.63, 3.8) is 0 Å². The molecule has 0 spiro atoms. The number of carbonyl (C=O) groups excluding carboxylic acids is 2. The molecule has 1 fully saturated rings. The van der Waals surface area contributed by atoms with Crippen molar-refractivity contribution in [3.05, 3.63) is 0 Å². The van der Waals surface area contributed by atoms with E-state index in [9.17, 15) is 9.59 Å². The molecule has 0 aromatic heterocycles. The minimum atomic E-state index is -0.521. The van der Waals surface area contributed by atoms with Crippen LogP contribution in [0.1, 0.15) is 34.6 Å². The van der Waals surface area contributed by atoms with E-state index < -0.39 is 5.60 Å². The molecular formula is C13H23NO4. The van der Waals surface area contributed by atoms with E-state index in [-0.39, 0.29) is 23.9 Å². The van der Waals surface area contributed by atoms with Crippen molar-refractivity contribution in [1.82, 2.24) is 4.90 Å². The van der Waals surface area contributed by atoms with Gasteiger partial charge in [0.2, 0.25) is 0 Å². The second kappa shape index (κ2) is 5.69. The number of rotatable bonds is 3. The maximum atomic E-state index is 11.9. The van der Waals surface area contributed by atoms with Gasteiger partial charge in [-0.3, -0.25) is 4.79 Å². The normalized spacial score (nSPS) is 24.2. The molecule has 0 aliphatic carbocycles. The highest BCUT2D eigenvalue weighted by Gasteiger charge is 2.39. The third-order valence-electron chi connectivity index (χ3n) is 2.82. The minimum Gasteiger partial charge on any atom is -0.444 e. The van der Waals surface area contributed by atoms with E-state index >= 15 is 0 Å².